The van der Waals surface area contributed by atoms with Crippen LogP contribution >= 0.6 is 0 Å². The van der Waals surface area contributed by atoms with Gasteiger partial charge >= 0.3 is 0 Å². The van der Waals surface area contributed by atoms with E-state index in [1.165, 1.54) is 4.31 Å². The fraction of sp³-hybridized carbons (Fsp3) is 0.348. The summed E-state index contributed by atoms with van der Waals surface area (Å²) in [6.07, 6.45) is 2.93. The van der Waals surface area contributed by atoms with E-state index in [4.69, 9.17) is 4.74 Å². The third-order valence-electron chi connectivity index (χ3n) is 5.34. The number of aliphatic hydroxyl groups excluding tert-OH is 1. The van der Waals surface area contributed by atoms with E-state index in [0.717, 1.165) is 12.0 Å². The number of benzene rings is 2. The van der Waals surface area contributed by atoms with Crippen molar-refractivity contribution in [1.29, 1.82) is 0 Å². The summed E-state index contributed by atoms with van der Waals surface area (Å²) in [5, 5.41) is 10.8. The summed E-state index contributed by atoms with van der Waals surface area (Å²) >= 11 is 0. The first kappa shape index (κ1) is 23.0. The van der Waals surface area contributed by atoms with E-state index in [2.05, 4.69) is 4.98 Å². The minimum atomic E-state index is -3.93. The van der Waals surface area contributed by atoms with Gasteiger partial charge in [-0.25, -0.2) is 13.4 Å². The number of ether oxygens (including phenoxy) is 1. The monoisotopic (exact) mass is 443 g/mol. The van der Waals surface area contributed by atoms with Gasteiger partial charge in [-0.1, -0.05) is 49.4 Å². The van der Waals surface area contributed by atoms with Gasteiger partial charge in [0.05, 0.1) is 19.5 Å². The normalized spacial score (nSPS) is 13.8. The smallest absolute Gasteiger partial charge is 0.262 e. The van der Waals surface area contributed by atoms with Crippen LogP contribution < -0.4 is 4.74 Å². The molecule has 0 saturated carbocycles. The fourth-order valence-electron chi connectivity index (χ4n) is 3.22. The molecule has 8 heteroatoms. The summed E-state index contributed by atoms with van der Waals surface area (Å²) in [6, 6.07) is 16.4. The van der Waals surface area contributed by atoms with Gasteiger partial charge in [0, 0.05) is 25.3 Å². The highest BCUT2D eigenvalue weighted by Crippen LogP contribution is 2.25. The van der Waals surface area contributed by atoms with Crippen LogP contribution in [0.3, 0.4) is 0 Å². The third-order valence-corrected chi connectivity index (χ3v) is 7.04. The van der Waals surface area contributed by atoms with Crippen molar-refractivity contribution in [2.45, 2.75) is 44.0 Å². The second-order valence-electron chi connectivity index (χ2n) is 7.49. The number of hydrogen-bond acceptors (Lipinski definition) is 5. The maximum atomic E-state index is 13.5. The highest BCUT2D eigenvalue weighted by atomic mass is 32.2. The van der Waals surface area contributed by atoms with Gasteiger partial charge in [0.15, 0.2) is 5.03 Å². The van der Waals surface area contributed by atoms with Crippen molar-refractivity contribution in [1.82, 2.24) is 13.9 Å². The lowest BCUT2D eigenvalue weighted by Gasteiger charge is -2.24. The Morgan fingerprint density at radius 3 is 2.58 bits per heavy atom. The first-order valence-electron chi connectivity index (χ1n) is 10.2. The number of aliphatic hydroxyl groups is 1. The average molecular weight is 444 g/mol. The maximum absolute atomic E-state index is 13.5. The number of nitrogens with zero attached hydrogens (tertiary/aromatic N) is 3. The van der Waals surface area contributed by atoms with Gasteiger partial charge in [-0.05, 0) is 36.6 Å². The molecule has 0 saturated heterocycles. The molecule has 0 aliphatic heterocycles. The van der Waals surface area contributed by atoms with Crippen LogP contribution in [0.15, 0.2) is 72.1 Å². The van der Waals surface area contributed by atoms with Crippen LogP contribution in [0.2, 0.25) is 0 Å². The SMILES string of the molecule is CC[C@H](C)n1cnc(S(=O)(=O)N(Cc2ccccc2)C[C@@H](O)c2cccc(OC)c2)c1. The standard InChI is InChI=1S/C23H29N3O4S/c1-4-18(2)25-16-23(24-17-25)31(28,29)26(14-19-9-6-5-7-10-19)15-22(27)20-11-8-12-21(13-20)30-3/h5-13,16-18,22,27H,4,14-15H2,1-3H3/t18-,22+/m0/s1. The van der Waals surface area contributed by atoms with Crippen LogP contribution in [0, 0.1) is 0 Å². The molecule has 3 aromatic rings. The predicted octanol–water partition coefficient (Wildman–Crippen LogP) is 3.79. The van der Waals surface area contributed by atoms with Crippen molar-refractivity contribution in [2.75, 3.05) is 13.7 Å². The second-order valence-corrected chi connectivity index (χ2v) is 9.38. The molecule has 0 radical (unpaired) electrons. The van der Waals surface area contributed by atoms with Crippen molar-refractivity contribution in [3.63, 3.8) is 0 Å². The molecule has 31 heavy (non-hydrogen) atoms. The maximum Gasteiger partial charge on any atom is 0.262 e. The van der Waals surface area contributed by atoms with Gasteiger partial charge in [-0.15, -0.1) is 0 Å². The van der Waals surface area contributed by atoms with E-state index in [1.807, 2.05) is 44.2 Å². The van der Waals surface area contributed by atoms with Crippen LogP contribution in [-0.4, -0.2) is 41.0 Å². The number of methoxy groups -OCH3 is 1. The zero-order chi connectivity index (χ0) is 22.4. The molecule has 166 valence electrons. The lowest BCUT2D eigenvalue weighted by Crippen LogP contribution is -2.34. The largest absolute Gasteiger partial charge is 0.497 e. The molecular formula is C23H29N3O4S. The molecule has 0 spiro atoms. The summed E-state index contributed by atoms with van der Waals surface area (Å²) < 4.78 is 35.2. The highest BCUT2D eigenvalue weighted by molar-refractivity contribution is 7.89. The van der Waals surface area contributed by atoms with Crippen molar-refractivity contribution in [2.24, 2.45) is 0 Å². The van der Waals surface area contributed by atoms with Crippen LogP contribution in [-0.2, 0) is 16.6 Å². The van der Waals surface area contributed by atoms with Gasteiger partial charge < -0.3 is 14.4 Å². The molecule has 1 aromatic heterocycles. The Balaban J connectivity index is 1.92. The third kappa shape index (κ3) is 5.52. The quantitative estimate of drug-likeness (QED) is 0.515. The Labute approximate surface area is 184 Å². The van der Waals surface area contributed by atoms with E-state index < -0.39 is 16.1 Å². The van der Waals surface area contributed by atoms with Crippen LogP contribution in [0.5, 0.6) is 5.75 Å². The number of rotatable bonds is 10. The zero-order valence-electron chi connectivity index (χ0n) is 18.0. The van der Waals surface area contributed by atoms with E-state index in [0.29, 0.717) is 11.3 Å². The molecule has 0 fully saturated rings. The summed E-state index contributed by atoms with van der Waals surface area (Å²) in [6.45, 7) is 4.05. The van der Waals surface area contributed by atoms with Gasteiger partial charge in [-0.3, -0.25) is 0 Å². The summed E-state index contributed by atoms with van der Waals surface area (Å²) in [7, 11) is -2.38. The van der Waals surface area contributed by atoms with Gasteiger partial charge in [0.25, 0.3) is 10.0 Å². The Hall–Kier alpha value is -2.68. The van der Waals surface area contributed by atoms with E-state index in [-0.39, 0.29) is 24.2 Å². The Kier molecular flexibility index (Phi) is 7.48. The summed E-state index contributed by atoms with van der Waals surface area (Å²) in [5.41, 5.74) is 1.41. The second kappa shape index (κ2) is 10.1. The topological polar surface area (TPSA) is 84.7 Å². The first-order chi connectivity index (χ1) is 14.8. The molecule has 3 rings (SSSR count). The number of hydrogen-bond donors (Lipinski definition) is 1. The Morgan fingerprint density at radius 2 is 1.90 bits per heavy atom. The van der Waals surface area contributed by atoms with E-state index in [9.17, 15) is 13.5 Å². The molecule has 2 atom stereocenters. The fourth-order valence-corrected chi connectivity index (χ4v) is 4.57. The molecule has 1 heterocycles. The van der Waals surface area contributed by atoms with Crippen molar-refractivity contribution in [3.8, 4) is 5.75 Å². The molecule has 0 bridgehead atoms. The molecule has 7 nitrogen and oxygen atoms in total. The van der Waals surface area contributed by atoms with Crippen LogP contribution in [0.4, 0.5) is 0 Å². The zero-order valence-corrected chi connectivity index (χ0v) is 18.9. The predicted molar refractivity (Wildman–Crippen MR) is 119 cm³/mol. The minimum absolute atomic E-state index is 0.0263. The lowest BCUT2D eigenvalue weighted by atomic mass is 10.1. The van der Waals surface area contributed by atoms with E-state index >= 15 is 0 Å². The minimum Gasteiger partial charge on any atom is -0.497 e. The highest BCUT2D eigenvalue weighted by Gasteiger charge is 2.30. The van der Waals surface area contributed by atoms with Crippen molar-refractivity contribution < 1.29 is 18.3 Å². The summed E-state index contributed by atoms with van der Waals surface area (Å²) in [4.78, 5) is 4.16. The van der Waals surface area contributed by atoms with Crippen LogP contribution in [0.25, 0.3) is 0 Å². The number of imidazole rings is 1. The lowest BCUT2D eigenvalue weighted by molar-refractivity contribution is 0.145. The molecule has 1 N–H and O–H groups in total. The first-order valence-corrected chi connectivity index (χ1v) is 11.7. The summed E-state index contributed by atoms with van der Waals surface area (Å²) in [5.74, 6) is 0.598. The molecule has 0 amide bonds. The molecule has 0 aliphatic rings. The number of sulfonamides is 1. The average Bonchev–Trinajstić information content (AvgIpc) is 3.30. The van der Waals surface area contributed by atoms with E-state index in [1.54, 1.807) is 48.5 Å². The van der Waals surface area contributed by atoms with Crippen molar-refractivity contribution >= 4 is 10.0 Å². The molecule has 0 aliphatic carbocycles. The Morgan fingerprint density at radius 1 is 1.16 bits per heavy atom. The van der Waals surface area contributed by atoms with Gasteiger partial charge in [-0.2, -0.15) is 4.31 Å². The van der Waals surface area contributed by atoms with Crippen molar-refractivity contribution in [3.05, 3.63) is 78.2 Å². The Bertz CT molecular complexity index is 1080. The number of aromatic nitrogens is 2. The van der Waals surface area contributed by atoms with Crippen LogP contribution in [0.1, 0.15) is 43.5 Å². The molecular weight excluding hydrogens is 414 g/mol. The van der Waals surface area contributed by atoms with Gasteiger partial charge in [0.2, 0.25) is 0 Å². The molecule has 0 unspecified atom stereocenters. The molecule has 2 aromatic carbocycles. The van der Waals surface area contributed by atoms with Gasteiger partial charge in [0.1, 0.15) is 5.75 Å².